The molecule has 0 aromatic carbocycles. The lowest BCUT2D eigenvalue weighted by molar-refractivity contribution is 0.0374. The summed E-state index contributed by atoms with van der Waals surface area (Å²) in [5.41, 5.74) is 0. The summed E-state index contributed by atoms with van der Waals surface area (Å²) in [5, 5.41) is 3.42. The van der Waals surface area contributed by atoms with Gasteiger partial charge in [0, 0.05) is 24.5 Å². The molecule has 0 saturated carbocycles. The minimum Gasteiger partial charge on any atom is -0.379 e. The molecular formula is C13H20N2O2S. The number of rotatable bonds is 7. The molecule has 0 atom stereocenters. The SMILES string of the molecule is O=Cc1ccc(CNCCCN2CCOCC2)s1. The van der Waals surface area contributed by atoms with Crippen LogP contribution in [0.15, 0.2) is 12.1 Å². The molecule has 2 rings (SSSR count). The Hall–Kier alpha value is -0.750. The molecule has 1 aromatic rings. The van der Waals surface area contributed by atoms with Crippen molar-refractivity contribution in [3.05, 3.63) is 21.9 Å². The molecule has 100 valence electrons. The second kappa shape index (κ2) is 7.63. The monoisotopic (exact) mass is 268 g/mol. The van der Waals surface area contributed by atoms with E-state index in [9.17, 15) is 4.79 Å². The van der Waals surface area contributed by atoms with Crippen LogP contribution in [0.1, 0.15) is 21.0 Å². The summed E-state index contributed by atoms with van der Waals surface area (Å²) in [6, 6.07) is 3.89. The summed E-state index contributed by atoms with van der Waals surface area (Å²) in [6.45, 7) is 6.89. The van der Waals surface area contributed by atoms with E-state index >= 15 is 0 Å². The van der Waals surface area contributed by atoms with Gasteiger partial charge in [-0.15, -0.1) is 11.3 Å². The Labute approximate surface area is 112 Å². The van der Waals surface area contributed by atoms with Crippen molar-refractivity contribution in [3.63, 3.8) is 0 Å². The van der Waals surface area contributed by atoms with Crippen molar-refractivity contribution >= 4 is 17.6 Å². The summed E-state index contributed by atoms with van der Waals surface area (Å²) < 4.78 is 5.31. The molecule has 1 aliphatic heterocycles. The van der Waals surface area contributed by atoms with Crippen LogP contribution >= 0.6 is 11.3 Å². The topological polar surface area (TPSA) is 41.6 Å². The lowest BCUT2D eigenvalue weighted by Crippen LogP contribution is -2.37. The van der Waals surface area contributed by atoms with E-state index in [4.69, 9.17) is 4.74 Å². The van der Waals surface area contributed by atoms with E-state index < -0.39 is 0 Å². The van der Waals surface area contributed by atoms with Gasteiger partial charge in [0.25, 0.3) is 0 Å². The van der Waals surface area contributed by atoms with Gasteiger partial charge in [0.15, 0.2) is 6.29 Å². The number of carbonyl (C=O) groups is 1. The van der Waals surface area contributed by atoms with Gasteiger partial charge in [0.2, 0.25) is 0 Å². The van der Waals surface area contributed by atoms with E-state index in [1.807, 2.05) is 12.1 Å². The minimum absolute atomic E-state index is 0.806. The van der Waals surface area contributed by atoms with Crippen LogP contribution in [0.4, 0.5) is 0 Å². The molecule has 1 fully saturated rings. The third kappa shape index (κ3) is 4.49. The third-order valence-corrected chi connectivity index (χ3v) is 4.04. The molecule has 0 amide bonds. The van der Waals surface area contributed by atoms with Crippen LogP contribution in [-0.2, 0) is 11.3 Å². The molecule has 0 unspecified atom stereocenters. The van der Waals surface area contributed by atoms with Gasteiger partial charge in [-0.2, -0.15) is 0 Å². The zero-order valence-corrected chi connectivity index (χ0v) is 11.4. The van der Waals surface area contributed by atoms with E-state index in [1.165, 1.54) is 4.88 Å². The van der Waals surface area contributed by atoms with Crippen LogP contribution < -0.4 is 5.32 Å². The van der Waals surface area contributed by atoms with Crippen LogP contribution in [0.2, 0.25) is 0 Å². The minimum atomic E-state index is 0.806. The summed E-state index contributed by atoms with van der Waals surface area (Å²) >= 11 is 1.56. The van der Waals surface area contributed by atoms with Crippen LogP contribution in [0.5, 0.6) is 0 Å². The second-order valence-corrected chi connectivity index (χ2v) is 5.61. The van der Waals surface area contributed by atoms with Crippen molar-refractivity contribution in [1.82, 2.24) is 10.2 Å². The van der Waals surface area contributed by atoms with Crippen molar-refractivity contribution in [1.29, 1.82) is 0 Å². The number of hydrogen-bond acceptors (Lipinski definition) is 5. The van der Waals surface area contributed by atoms with Gasteiger partial charge in [-0.05, 0) is 31.6 Å². The summed E-state index contributed by atoms with van der Waals surface area (Å²) in [4.78, 5) is 15.0. The molecule has 0 bridgehead atoms. The lowest BCUT2D eigenvalue weighted by Gasteiger charge is -2.26. The molecule has 1 saturated heterocycles. The molecule has 0 spiro atoms. The maximum atomic E-state index is 10.5. The number of thiophene rings is 1. The van der Waals surface area contributed by atoms with Crippen molar-refractivity contribution in [2.24, 2.45) is 0 Å². The molecular weight excluding hydrogens is 248 g/mol. The average molecular weight is 268 g/mol. The van der Waals surface area contributed by atoms with Crippen LogP contribution in [0.3, 0.4) is 0 Å². The second-order valence-electron chi connectivity index (χ2n) is 4.41. The molecule has 4 nitrogen and oxygen atoms in total. The van der Waals surface area contributed by atoms with Crippen LogP contribution in [-0.4, -0.2) is 50.6 Å². The van der Waals surface area contributed by atoms with E-state index in [-0.39, 0.29) is 0 Å². The van der Waals surface area contributed by atoms with Crippen molar-refractivity contribution in [2.45, 2.75) is 13.0 Å². The normalized spacial score (nSPS) is 16.9. The van der Waals surface area contributed by atoms with Crippen LogP contribution in [0.25, 0.3) is 0 Å². The number of nitrogens with one attached hydrogen (secondary N) is 1. The summed E-state index contributed by atoms with van der Waals surface area (Å²) in [5.74, 6) is 0. The molecule has 1 aromatic heterocycles. The molecule has 1 aliphatic rings. The Bertz CT molecular complexity index is 362. The van der Waals surface area contributed by atoms with E-state index in [2.05, 4.69) is 10.2 Å². The summed E-state index contributed by atoms with van der Waals surface area (Å²) in [7, 11) is 0. The number of hydrogen-bond donors (Lipinski definition) is 1. The molecule has 0 radical (unpaired) electrons. The Morgan fingerprint density at radius 1 is 1.39 bits per heavy atom. The average Bonchev–Trinajstić information content (AvgIpc) is 2.87. The Morgan fingerprint density at radius 2 is 2.22 bits per heavy atom. The highest BCUT2D eigenvalue weighted by Crippen LogP contribution is 2.13. The lowest BCUT2D eigenvalue weighted by atomic mass is 10.3. The number of ether oxygens (including phenoxy) is 1. The predicted octanol–water partition coefficient (Wildman–Crippen LogP) is 1.37. The fraction of sp³-hybridized carbons (Fsp3) is 0.615. The first-order valence-electron chi connectivity index (χ1n) is 6.43. The van der Waals surface area contributed by atoms with Gasteiger partial charge in [-0.25, -0.2) is 0 Å². The van der Waals surface area contributed by atoms with Gasteiger partial charge in [0.05, 0.1) is 18.1 Å². The predicted molar refractivity (Wildman–Crippen MR) is 73.3 cm³/mol. The van der Waals surface area contributed by atoms with E-state index in [0.717, 1.165) is 63.5 Å². The highest BCUT2D eigenvalue weighted by Gasteiger charge is 2.08. The van der Waals surface area contributed by atoms with Crippen LogP contribution in [0, 0.1) is 0 Å². The summed E-state index contributed by atoms with van der Waals surface area (Å²) in [6.07, 6.45) is 2.07. The number of nitrogens with zero attached hydrogens (tertiary/aromatic N) is 1. The first-order valence-corrected chi connectivity index (χ1v) is 7.25. The zero-order chi connectivity index (χ0) is 12.6. The molecule has 2 heterocycles. The first kappa shape index (κ1) is 13.7. The smallest absolute Gasteiger partial charge is 0.160 e. The van der Waals surface area contributed by atoms with Gasteiger partial charge >= 0.3 is 0 Å². The van der Waals surface area contributed by atoms with Crippen molar-refractivity contribution in [2.75, 3.05) is 39.4 Å². The van der Waals surface area contributed by atoms with E-state index in [0.29, 0.717) is 0 Å². The Kier molecular flexibility index (Phi) is 5.80. The van der Waals surface area contributed by atoms with Gasteiger partial charge in [0.1, 0.15) is 0 Å². The highest BCUT2D eigenvalue weighted by molar-refractivity contribution is 7.13. The number of aldehydes is 1. The maximum absolute atomic E-state index is 10.5. The van der Waals surface area contributed by atoms with E-state index in [1.54, 1.807) is 11.3 Å². The number of carbonyl (C=O) groups excluding carboxylic acids is 1. The Morgan fingerprint density at radius 3 is 2.94 bits per heavy atom. The fourth-order valence-electron chi connectivity index (χ4n) is 2.02. The molecule has 18 heavy (non-hydrogen) atoms. The van der Waals surface area contributed by atoms with Gasteiger partial charge < -0.3 is 10.1 Å². The van der Waals surface area contributed by atoms with Gasteiger partial charge in [-0.3, -0.25) is 9.69 Å². The first-order chi connectivity index (χ1) is 8.88. The standard InChI is InChI=1S/C13H20N2O2S/c16-11-13-3-2-12(18-13)10-14-4-1-5-15-6-8-17-9-7-15/h2-3,11,14H,1,4-10H2. The third-order valence-electron chi connectivity index (χ3n) is 3.03. The Balaban J connectivity index is 1.54. The largest absolute Gasteiger partial charge is 0.379 e. The molecule has 0 aliphatic carbocycles. The zero-order valence-electron chi connectivity index (χ0n) is 10.6. The molecule has 5 heteroatoms. The van der Waals surface area contributed by atoms with Crippen molar-refractivity contribution < 1.29 is 9.53 Å². The number of morpholine rings is 1. The maximum Gasteiger partial charge on any atom is 0.160 e. The van der Waals surface area contributed by atoms with Crippen molar-refractivity contribution in [3.8, 4) is 0 Å². The van der Waals surface area contributed by atoms with Gasteiger partial charge in [-0.1, -0.05) is 0 Å². The fourth-order valence-corrected chi connectivity index (χ4v) is 2.81. The quantitative estimate of drug-likeness (QED) is 0.599. The molecule has 1 N–H and O–H groups in total. The highest BCUT2D eigenvalue weighted by atomic mass is 32.1.